The van der Waals surface area contributed by atoms with Gasteiger partial charge < -0.3 is 19.1 Å². The van der Waals surface area contributed by atoms with Crippen LogP contribution >= 0.6 is 0 Å². The Labute approximate surface area is 208 Å². The fourth-order valence-corrected chi connectivity index (χ4v) is 4.31. The maximum absolute atomic E-state index is 13.5. The van der Waals surface area contributed by atoms with Crippen LogP contribution in [0.25, 0.3) is 0 Å². The highest BCUT2D eigenvalue weighted by molar-refractivity contribution is 5.85. The van der Waals surface area contributed by atoms with E-state index in [9.17, 15) is 9.59 Å². The number of aryl methyl sites for hydroxylation is 1. The first-order valence-electron chi connectivity index (χ1n) is 12.4. The van der Waals surface area contributed by atoms with Crippen molar-refractivity contribution in [2.24, 2.45) is 0 Å². The van der Waals surface area contributed by atoms with Crippen molar-refractivity contribution in [3.05, 3.63) is 95.8 Å². The Bertz CT molecular complexity index is 1080. The van der Waals surface area contributed by atoms with E-state index in [0.29, 0.717) is 32.5 Å². The highest BCUT2D eigenvalue weighted by Gasteiger charge is 2.34. The van der Waals surface area contributed by atoms with Crippen molar-refractivity contribution in [2.75, 3.05) is 26.8 Å². The van der Waals surface area contributed by atoms with Crippen LogP contribution in [0.1, 0.15) is 36.1 Å². The molecule has 0 atom stereocenters. The van der Waals surface area contributed by atoms with Crippen LogP contribution in [0.4, 0.5) is 0 Å². The third-order valence-corrected chi connectivity index (χ3v) is 6.47. The van der Waals surface area contributed by atoms with Crippen LogP contribution < -0.4 is 0 Å². The monoisotopic (exact) mass is 473 g/mol. The molecule has 6 nitrogen and oxygen atoms in total. The topological polar surface area (TPSA) is 54.8 Å². The van der Waals surface area contributed by atoms with Gasteiger partial charge in [0.05, 0.1) is 19.7 Å². The summed E-state index contributed by atoms with van der Waals surface area (Å²) in [6.45, 7) is 2.24. The van der Waals surface area contributed by atoms with Crippen LogP contribution in [0.3, 0.4) is 0 Å². The van der Waals surface area contributed by atoms with Gasteiger partial charge >= 0.3 is 0 Å². The minimum absolute atomic E-state index is 0.00382. The second kappa shape index (κ2) is 12.4. The predicted octanol–water partition coefficient (Wildman–Crippen LogP) is 4.14. The van der Waals surface area contributed by atoms with Gasteiger partial charge in [0, 0.05) is 44.6 Å². The van der Waals surface area contributed by atoms with Crippen molar-refractivity contribution in [3.63, 3.8) is 0 Å². The van der Waals surface area contributed by atoms with Crippen molar-refractivity contribution in [1.82, 2.24) is 14.4 Å². The summed E-state index contributed by atoms with van der Waals surface area (Å²) in [5.41, 5.74) is 3.45. The Morgan fingerprint density at radius 1 is 0.914 bits per heavy atom. The van der Waals surface area contributed by atoms with Gasteiger partial charge in [-0.25, -0.2) is 0 Å². The molecule has 35 heavy (non-hydrogen) atoms. The van der Waals surface area contributed by atoms with Crippen molar-refractivity contribution < 1.29 is 14.3 Å². The Balaban J connectivity index is 1.40. The fraction of sp³-hybridized carbons (Fsp3) is 0.379. The zero-order valence-corrected chi connectivity index (χ0v) is 20.5. The molecule has 3 aromatic rings. The summed E-state index contributed by atoms with van der Waals surface area (Å²) in [5.74, 6) is -0.00780. The number of carbonyl (C=O) groups is 2. The van der Waals surface area contributed by atoms with E-state index in [1.54, 1.807) is 12.0 Å². The number of hydrogen-bond acceptors (Lipinski definition) is 3. The molecule has 2 aromatic carbocycles. The summed E-state index contributed by atoms with van der Waals surface area (Å²) in [4.78, 5) is 30.1. The third-order valence-electron chi connectivity index (χ3n) is 6.47. The van der Waals surface area contributed by atoms with E-state index >= 15 is 0 Å². The van der Waals surface area contributed by atoms with Gasteiger partial charge in [-0.1, -0.05) is 60.7 Å². The molecule has 0 spiro atoms. The van der Waals surface area contributed by atoms with Gasteiger partial charge in [0.1, 0.15) is 0 Å². The van der Waals surface area contributed by atoms with E-state index in [4.69, 9.17) is 4.74 Å². The molecular weight excluding hydrogens is 438 g/mol. The number of rotatable bonds is 13. The van der Waals surface area contributed by atoms with Gasteiger partial charge in [-0.2, -0.15) is 0 Å². The number of hydrogen-bond donors (Lipinski definition) is 0. The SMILES string of the molecule is COCCN(CC(=O)N(Cc1cccn1Cc1ccccc1)C1CC1)C(=O)CCc1ccccc1. The van der Waals surface area contributed by atoms with Crippen LogP contribution in [0.5, 0.6) is 0 Å². The predicted molar refractivity (Wildman–Crippen MR) is 137 cm³/mol. The average Bonchev–Trinajstić information content (AvgIpc) is 3.64. The summed E-state index contributed by atoms with van der Waals surface area (Å²) >= 11 is 0. The van der Waals surface area contributed by atoms with Crippen molar-refractivity contribution in [3.8, 4) is 0 Å². The minimum Gasteiger partial charge on any atom is -0.383 e. The lowest BCUT2D eigenvalue weighted by atomic mass is 10.1. The Morgan fingerprint density at radius 3 is 2.26 bits per heavy atom. The molecule has 0 radical (unpaired) electrons. The van der Waals surface area contributed by atoms with Gasteiger partial charge in [0.2, 0.25) is 11.8 Å². The number of ether oxygens (including phenoxy) is 1. The molecule has 1 saturated carbocycles. The van der Waals surface area contributed by atoms with Crippen LogP contribution in [0.2, 0.25) is 0 Å². The smallest absolute Gasteiger partial charge is 0.242 e. The first-order chi connectivity index (χ1) is 17.1. The molecular formula is C29H35N3O3. The van der Waals surface area contributed by atoms with Crippen molar-refractivity contribution in [2.45, 2.75) is 44.8 Å². The van der Waals surface area contributed by atoms with E-state index in [1.807, 2.05) is 59.5 Å². The number of amides is 2. The molecule has 0 N–H and O–H groups in total. The van der Waals surface area contributed by atoms with Crippen LogP contribution in [0.15, 0.2) is 79.0 Å². The van der Waals surface area contributed by atoms with Gasteiger partial charge in [0.25, 0.3) is 0 Å². The lowest BCUT2D eigenvalue weighted by Crippen LogP contribution is -2.45. The normalized spacial score (nSPS) is 12.9. The molecule has 1 aliphatic rings. The number of benzene rings is 2. The first-order valence-corrected chi connectivity index (χ1v) is 12.4. The van der Waals surface area contributed by atoms with Gasteiger partial charge in [0.15, 0.2) is 0 Å². The second-order valence-corrected chi connectivity index (χ2v) is 9.16. The summed E-state index contributed by atoms with van der Waals surface area (Å²) in [7, 11) is 1.62. The Morgan fingerprint density at radius 2 is 1.60 bits per heavy atom. The van der Waals surface area contributed by atoms with E-state index in [-0.39, 0.29) is 24.4 Å². The van der Waals surface area contributed by atoms with Crippen LogP contribution in [0, 0.1) is 0 Å². The maximum atomic E-state index is 13.5. The number of nitrogens with zero attached hydrogens (tertiary/aromatic N) is 3. The summed E-state index contributed by atoms with van der Waals surface area (Å²) in [6, 6.07) is 24.7. The first kappa shape index (κ1) is 24.7. The van der Waals surface area contributed by atoms with E-state index in [2.05, 4.69) is 29.0 Å². The number of methoxy groups -OCH3 is 1. The van der Waals surface area contributed by atoms with Crippen LogP contribution in [-0.2, 0) is 33.8 Å². The Hall–Kier alpha value is -3.38. The zero-order chi connectivity index (χ0) is 24.5. The minimum atomic E-state index is -0.0116. The number of aromatic nitrogens is 1. The summed E-state index contributed by atoms with van der Waals surface area (Å²) < 4.78 is 7.42. The van der Waals surface area contributed by atoms with E-state index in [0.717, 1.165) is 30.6 Å². The summed E-state index contributed by atoms with van der Waals surface area (Å²) in [6.07, 6.45) is 5.15. The molecule has 184 valence electrons. The summed E-state index contributed by atoms with van der Waals surface area (Å²) in [5, 5.41) is 0. The molecule has 0 aliphatic heterocycles. The molecule has 2 amide bonds. The van der Waals surface area contributed by atoms with Gasteiger partial charge in [-0.05, 0) is 42.5 Å². The van der Waals surface area contributed by atoms with Crippen LogP contribution in [-0.4, -0.2) is 59.0 Å². The average molecular weight is 474 g/mol. The molecule has 0 saturated heterocycles. The van der Waals surface area contributed by atoms with Gasteiger partial charge in [-0.3, -0.25) is 9.59 Å². The standard InChI is InChI=1S/C29H35N3O3/c1-35-20-19-31(28(33)17-14-24-9-4-2-5-10-24)23-29(34)32(26-15-16-26)22-27-13-8-18-30(27)21-25-11-6-3-7-12-25/h2-13,18,26H,14-17,19-23H2,1H3. The van der Waals surface area contributed by atoms with Gasteiger partial charge in [-0.15, -0.1) is 0 Å². The Kier molecular flexibility index (Phi) is 8.74. The maximum Gasteiger partial charge on any atom is 0.242 e. The van der Waals surface area contributed by atoms with Crippen molar-refractivity contribution >= 4 is 11.8 Å². The highest BCUT2D eigenvalue weighted by Crippen LogP contribution is 2.29. The van der Waals surface area contributed by atoms with E-state index in [1.165, 1.54) is 5.56 Å². The molecule has 6 heteroatoms. The molecule has 4 rings (SSSR count). The lowest BCUT2D eigenvalue weighted by molar-refractivity contribution is -0.141. The molecule has 1 aromatic heterocycles. The molecule has 1 heterocycles. The largest absolute Gasteiger partial charge is 0.383 e. The quantitative estimate of drug-likeness (QED) is 0.375. The second-order valence-electron chi connectivity index (χ2n) is 9.16. The highest BCUT2D eigenvalue weighted by atomic mass is 16.5. The zero-order valence-electron chi connectivity index (χ0n) is 20.5. The molecule has 0 unspecified atom stereocenters. The lowest BCUT2D eigenvalue weighted by Gasteiger charge is -2.28. The third kappa shape index (κ3) is 7.30. The molecule has 1 aliphatic carbocycles. The molecule has 0 bridgehead atoms. The van der Waals surface area contributed by atoms with E-state index < -0.39 is 0 Å². The van der Waals surface area contributed by atoms with Crippen molar-refractivity contribution in [1.29, 1.82) is 0 Å². The fourth-order valence-electron chi connectivity index (χ4n) is 4.31. The number of carbonyl (C=O) groups excluding carboxylic acids is 2. The molecule has 1 fully saturated rings.